The lowest BCUT2D eigenvalue weighted by atomic mass is 9.89. The molecule has 0 N–H and O–H groups in total. The number of pyridine rings is 1. The highest BCUT2D eigenvalue weighted by Gasteiger charge is 2.32. The number of fused-ring (bicyclic) bond motifs is 1. The Morgan fingerprint density at radius 2 is 2.00 bits per heavy atom. The molecule has 0 amide bonds. The van der Waals surface area contributed by atoms with E-state index >= 15 is 0 Å². The predicted molar refractivity (Wildman–Crippen MR) is 77.3 cm³/mol. The average Bonchev–Trinajstić information content (AvgIpc) is 2.69. The highest BCUT2D eigenvalue weighted by molar-refractivity contribution is 6.21. The van der Waals surface area contributed by atoms with Crippen LogP contribution in [0.2, 0.25) is 0 Å². The van der Waals surface area contributed by atoms with Gasteiger partial charge in [-0.15, -0.1) is 11.6 Å². The first-order valence-corrected chi connectivity index (χ1v) is 7.10. The summed E-state index contributed by atoms with van der Waals surface area (Å²) in [7, 11) is 0. The summed E-state index contributed by atoms with van der Waals surface area (Å²) in [6, 6.07) is 10.9. The molecule has 0 bridgehead atoms. The summed E-state index contributed by atoms with van der Waals surface area (Å²) in [5.41, 5.74) is 3.58. The first-order chi connectivity index (χ1) is 8.65. The Morgan fingerprint density at radius 3 is 2.72 bits per heavy atom. The monoisotopic (exact) mass is 259 g/mol. The van der Waals surface area contributed by atoms with Gasteiger partial charge < -0.3 is 0 Å². The number of hydrogen-bond donors (Lipinski definition) is 0. The van der Waals surface area contributed by atoms with E-state index in [0.717, 1.165) is 17.6 Å². The van der Waals surface area contributed by atoms with Crippen LogP contribution < -0.4 is 0 Å². The Bertz CT molecular complexity index is 578. The molecule has 2 aromatic rings. The minimum absolute atomic E-state index is 0.335. The SMILES string of the molecule is Cc1ccc2cc(C3CCC(Cl)C3C)ccc2n1. The quantitative estimate of drug-likeness (QED) is 0.679. The number of rotatable bonds is 1. The fourth-order valence-corrected chi connectivity index (χ4v) is 3.37. The molecule has 0 radical (unpaired) electrons. The third-order valence-electron chi connectivity index (χ3n) is 4.24. The number of nitrogens with zero attached hydrogens (tertiary/aromatic N) is 1. The number of benzene rings is 1. The maximum absolute atomic E-state index is 6.33. The van der Waals surface area contributed by atoms with E-state index in [1.54, 1.807) is 0 Å². The largest absolute Gasteiger partial charge is 0.253 e. The molecular formula is C16H18ClN. The molecule has 1 nitrogen and oxygen atoms in total. The molecule has 3 atom stereocenters. The lowest BCUT2D eigenvalue weighted by molar-refractivity contribution is 0.538. The first-order valence-electron chi connectivity index (χ1n) is 6.66. The molecule has 3 rings (SSSR count). The molecule has 1 fully saturated rings. The molecule has 0 saturated heterocycles. The van der Waals surface area contributed by atoms with Crippen LogP contribution in [0.15, 0.2) is 30.3 Å². The van der Waals surface area contributed by atoms with Gasteiger partial charge in [-0.25, -0.2) is 0 Å². The fourth-order valence-electron chi connectivity index (χ4n) is 3.06. The van der Waals surface area contributed by atoms with Crippen molar-refractivity contribution in [1.29, 1.82) is 0 Å². The Kier molecular flexibility index (Phi) is 3.03. The maximum atomic E-state index is 6.33. The smallest absolute Gasteiger partial charge is 0.0705 e. The molecule has 94 valence electrons. The topological polar surface area (TPSA) is 12.9 Å². The minimum Gasteiger partial charge on any atom is -0.253 e. The second kappa shape index (κ2) is 4.55. The van der Waals surface area contributed by atoms with E-state index in [2.05, 4.69) is 42.2 Å². The van der Waals surface area contributed by atoms with Gasteiger partial charge in [0.15, 0.2) is 0 Å². The Hall–Kier alpha value is -1.08. The summed E-state index contributed by atoms with van der Waals surface area (Å²) >= 11 is 6.33. The summed E-state index contributed by atoms with van der Waals surface area (Å²) in [6.07, 6.45) is 2.34. The molecule has 1 aliphatic carbocycles. The van der Waals surface area contributed by atoms with Gasteiger partial charge in [-0.05, 0) is 55.4 Å². The van der Waals surface area contributed by atoms with E-state index in [4.69, 9.17) is 11.6 Å². The van der Waals surface area contributed by atoms with Crippen LogP contribution in [0.4, 0.5) is 0 Å². The van der Waals surface area contributed by atoms with Gasteiger partial charge in [0, 0.05) is 16.5 Å². The number of aromatic nitrogens is 1. The van der Waals surface area contributed by atoms with Crippen LogP contribution in [0.1, 0.15) is 36.9 Å². The van der Waals surface area contributed by atoms with Gasteiger partial charge in [0.1, 0.15) is 0 Å². The second-order valence-corrected chi connectivity index (χ2v) is 6.02. The first kappa shape index (κ1) is 12.0. The van der Waals surface area contributed by atoms with Crippen molar-refractivity contribution in [3.63, 3.8) is 0 Å². The van der Waals surface area contributed by atoms with E-state index in [1.807, 2.05) is 6.92 Å². The molecule has 1 heterocycles. The van der Waals surface area contributed by atoms with Crippen LogP contribution in [-0.2, 0) is 0 Å². The van der Waals surface area contributed by atoms with Gasteiger partial charge in [0.05, 0.1) is 5.52 Å². The lowest BCUT2D eigenvalue weighted by Crippen LogP contribution is -2.09. The third kappa shape index (κ3) is 2.01. The number of halogens is 1. The van der Waals surface area contributed by atoms with Crippen molar-refractivity contribution >= 4 is 22.5 Å². The van der Waals surface area contributed by atoms with Crippen molar-refractivity contribution in [1.82, 2.24) is 4.98 Å². The van der Waals surface area contributed by atoms with Crippen LogP contribution >= 0.6 is 11.6 Å². The van der Waals surface area contributed by atoms with Crippen LogP contribution in [-0.4, -0.2) is 10.4 Å². The molecule has 18 heavy (non-hydrogen) atoms. The van der Waals surface area contributed by atoms with E-state index in [0.29, 0.717) is 17.2 Å². The molecule has 1 aromatic carbocycles. The molecule has 2 heteroatoms. The van der Waals surface area contributed by atoms with Crippen LogP contribution in [0.5, 0.6) is 0 Å². The van der Waals surface area contributed by atoms with Gasteiger partial charge >= 0.3 is 0 Å². The molecule has 0 aliphatic heterocycles. The number of hydrogen-bond acceptors (Lipinski definition) is 1. The number of aryl methyl sites for hydroxylation is 1. The summed E-state index contributed by atoms with van der Waals surface area (Å²) in [4.78, 5) is 4.55. The van der Waals surface area contributed by atoms with Gasteiger partial charge in [-0.2, -0.15) is 0 Å². The summed E-state index contributed by atoms with van der Waals surface area (Å²) in [6.45, 7) is 4.30. The van der Waals surface area contributed by atoms with Crippen molar-refractivity contribution < 1.29 is 0 Å². The van der Waals surface area contributed by atoms with Gasteiger partial charge in [-0.1, -0.05) is 19.1 Å². The zero-order valence-electron chi connectivity index (χ0n) is 10.9. The average molecular weight is 260 g/mol. The lowest BCUT2D eigenvalue weighted by Gasteiger charge is -2.18. The van der Waals surface area contributed by atoms with E-state index < -0.39 is 0 Å². The zero-order chi connectivity index (χ0) is 12.7. The van der Waals surface area contributed by atoms with Crippen LogP contribution in [0, 0.1) is 12.8 Å². The minimum atomic E-state index is 0.335. The third-order valence-corrected chi connectivity index (χ3v) is 4.85. The van der Waals surface area contributed by atoms with Gasteiger partial charge in [0.2, 0.25) is 0 Å². The summed E-state index contributed by atoms with van der Waals surface area (Å²) in [5.74, 6) is 1.18. The van der Waals surface area contributed by atoms with Crippen molar-refractivity contribution in [2.24, 2.45) is 5.92 Å². The molecule has 0 spiro atoms. The summed E-state index contributed by atoms with van der Waals surface area (Å²) < 4.78 is 0. The van der Waals surface area contributed by atoms with Gasteiger partial charge in [0.25, 0.3) is 0 Å². The van der Waals surface area contributed by atoms with Crippen molar-refractivity contribution in [3.8, 4) is 0 Å². The molecule has 3 unspecified atom stereocenters. The standard InChI is InChI=1S/C16H18ClN/c1-10-3-4-13-9-12(5-8-16(13)18-10)14-6-7-15(17)11(14)2/h3-5,8-9,11,14-15H,6-7H2,1-2H3. The Balaban J connectivity index is 2.01. The fraction of sp³-hybridized carbons (Fsp3) is 0.438. The van der Waals surface area contributed by atoms with Crippen molar-refractivity contribution in [3.05, 3.63) is 41.6 Å². The van der Waals surface area contributed by atoms with E-state index in [9.17, 15) is 0 Å². The van der Waals surface area contributed by atoms with Crippen molar-refractivity contribution in [2.45, 2.75) is 38.0 Å². The second-order valence-electron chi connectivity index (χ2n) is 5.46. The number of alkyl halides is 1. The molecular weight excluding hydrogens is 242 g/mol. The predicted octanol–water partition coefficient (Wildman–Crippen LogP) is 4.66. The molecule has 1 aliphatic rings. The zero-order valence-corrected chi connectivity index (χ0v) is 11.6. The molecule has 1 saturated carbocycles. The van der Waals surface area contributed by atoms with E-state index in [1.165, 1.54) is 17.4 Å². The normalized spacial score (nSPS) is 27.8. The molecule has 1 aromatic heterocycles. The van der Waals surface area contributed by atoms with E-state index in [-0.39, 0.29) is 0 Å². The maximum Gasteiger partial charge on any atom is 0.0705 e. The summed E-state index contributed by atoms with van der Waals surface area (Å²) in [5, 5.41) is 1.57. The van der Waals surface area contributed by atoms with Gasteiger partial charge in [-0.3, -0.25) is 4.98 Å². The van der Waals surface area contributed by atoms with Crippen molar-refractivity contribution in [2.75, 3.05) is 0 Å². The highest BCUT2D eigenvalue weighted by atomic mass is 35.5. The van der Waals surface area contributed by atoms with Crippen LogP contribution in [0.25, 0.3) is 10.9 Å². The van der Waals surface area contributed by atoms with Crippen LogP contribution in [0.3, 0.4) is 0 Å². The Labute approximate surface area is 113 Å². The highest BCUT2D eigenvalue weighted by Crippen LogP contribution is 2.42. The Morgan fingerprint density at radius 1 is 1.17 bits per heavy atom.